The van der Waals surface area contributed by atoms with Crippen molar-refractivity contribution in [1.29, 1.82) is 0 Å². The number of benzene rings is 1. The molecule has 0 bridgehead atoms. The fourth-order valence-corrected chi connectivity index (χ4v) is 1.89. The number of aromatic amines is 1. The van der Waals surface area contributed by atoms with Crippen molar-refractivity contribution >= 4 is 12.2 Å². The van der Waals surface area contributed by atoms with Crippen molar-refractivity contribution in [3.63, 3.8) is 0 Å². The van der Waals surface area contributed by atoms with E-state index in [9.17, 15) is 13.2 Å². The van der Waals surface area contributed by atoms with Crippen LogP contribution in [0.1, 0.15) is 12.6 Å². The van der Waals surface area contributed by atoms with Crippen molar-refractivity contribution in [2.45, 2.75) is 13.3 Å². The molecule has 1 heterocycles. The van der Waals surface area contributed by atoms with E-state index in [1.807, 2.05) is 6.92 Å². The number of imidazole rings is 1. The molecule has 1 aromatic carbocycles. The maximum atomic E-state index is 13.6. The van der Waals surface area contributed by atoms with Crippen LogP contribution in [0.15, 0.2) is 18.3 Å². The fourth-order valence-electron chi connectivity index (χ4n) is 1.61. The highest BCUT2D eigenvalue weighted by Gasteiger charge is 2.14. The van der Waals surface area contributed by atoms with Gasteiger partial charge in [0.1, 0.15) is 5.82 Å². The molecular formula is C11H9F3N2S. The van der Waals surface area contributed by atoms with Crippen LogP contribution in [0.3, 0.4) is 0 Å². The van der Waals surface area contributed by atoms with Crippen LogP contribution in [0.25, 0.3) is 5.69 Å². The molecule has 0 aliphatic rings. The van der Waals surface area contributed by atoms with Crippen LogP contribution in [0, 0.1) is 22.2 Å². The van der Waals surface area contributed by atoms with E-state index in [2.05, 4.69) is 4.98 Å². The Labute approximate surface area is 101 Å². The summed E-state index contributed by atoms with van der Waals surface area (Å²) in [5.74, 6) is -3.17. The molecule has 0 atom stereocenters. The number of aromatic nitrogens is 2. The molecule has 90 valence electrons. The Bertz CT molecular complexity index is 616. The number of H-pyrrole nitrogens is 1. The molecule has 6 heteroatoms. The number of aryl methyl sites for hydroxylation is 1. The number of halogens is 3. The summed E-state index contributed by atoms with van der Waals surface area (Å²) in [7, 11) is 0. The lowest BCUT2D eigenvalue weighted by Crippen LogP contribution is -2.04. The highest BCUT2D eigenvalue weighted by molar-refractivity contribution is 7.71. The van der Waals surface area contributed by atoms with Gasteiger partial charge in [0.25, 0.3) is 0 Å². The Morgan fingerprint density at radius 3 is 2.47 bits per heavy atom. The number of hydrogen-bond donors (Lipinski definition) is 1. The topological polar surface area (TPSA) is 20.7 Å². The molecule has 0 saturated heterocycles. The van der Waals surface area contributed by atoms with E-state index >= 15 is 0 Å². The summed E-state index contributed by atoms with van der Waals surface area (Å²) in [5.41, 5.74) is 0.604. The molecule has 1 N–H and O–H groups in total. The zero-order chi connectivity index (χ0) is 12.6. The van der Waals surface area contributed by atoms with Crippen LogP contribution in [-0.4, -0.2) is 9.55 Å². The van der Waals surface area contributed by atoms with Crippen LogP contribution in [-0.2, 0) is 6.42 Å². The van der Waals surface area contributed by atoms with Gasteiger partial charge in [-0.2, -0.15) is 0 Å². The van der Waals surface area contributed by atoms with Crippen molar-refractivity contribution < 1.29 is 13.2 Å². The monoisotopic (exact) mass is 258 g/mol. The summed E-state index contributed by atoms with van der Waals surface area (Å²) in [6.45, 7) is 1.85. The first-order valence-corrected chi connectivity index (χ1v) is 5.39. The largest absolute Gasteiger partial charge is 0.337 e. The van der Waals surface area contributed by atoms with Gasteiger partial charge in [-0.15, -0.1) is 0 Å². The Morgan fingerprint density at radius 1 is 1.18 bits per heavy atom. The minimum Gasteiger partial charge on any atom is -0.337 e. The lowest BCUT2D eigenvalue weighted by molar-refractivity contribution is 0.492. The van der Waals surface area contributed by atoms with Crippen LogP contribution in [0.2, 0.25) is 0 Å². The van der Waals surface area contributed by atoms with E-state index in [1.54, 1.807) is 6.20 Å². The van der Waals surface area contributed by atoms with Crippen LogP contribution < -0.4 is 0 Å². The van der Waals surface area contributed by atoms with Gasteiger partial charge in [0.2, 0.25) is 0 Å². The first-order chi connectivity index (χ1) is 8.04. The molecule has 0 aliphatic heterocycles. The quantitative estimate of drug-likeness (QED) is 0.645. The maximum Gasteiger partial charge on any atom is 0.182 e. The van der Waals surface area contributed by atoms with E-state index in [-0.39, 0.29) is 10.5 Å². The summed E-state index contributed by atoms with van der Waals surface area (Å²) in [5, 5.41) is 0. The van der Waals surface area contributed by atoms with Gasteiger partial charge in [0, 0.05) is 24.0 Å². The molecule has 2 rings (SSSR count). The van der Waals surface area contributed by atoms with Gasteiger partial charge in [0.15, 0.2) is 16.4 Å². The lowest BCUT2D eigenvalue weighted by Gasteiger charge is -2.08. The first kappa shape index (κ1) is 11.9. The molecule has 2 aromatic rings. The van der Waals surface area contributed by atoms with Gasteiger partial charge in [-0.1, -0.05) is 6.92 Å². The van der Waals surface area contributed by atoms with E-state index in [0.717, 1.165) is 6.07 Å². The standard InChI is InChI=1S/C11H9F3N2S/c1-2-6-5-15-11(17)16(6)10-4-8(13)7(12)3-9(10)14/h3-5H,2H2,1H3,(H,15,17). The normalized spacial score (nSPS) is 10.8. The third-order valence-electron chi connectivity index (χ3n) is 2.45. The zero-order valence-corrected chi connectivity index (χ0v) is 9.75. The summed E-state index contributed by atoms with van der Waals surface area (Å²) < 4.78 is 41.1. The molecule has 17 heavy (non-hydrogen) atoms. The molecule has 1 aromatic heterocycles. The molecular weight excluding hydrogens is 249 g/mol. The predicted molar refractivity (Wildman–Crippen MR) is 60.2 cm³/mol. The highest BCUT2D eigenvalue weighted by atomic mass is 32.1. The second-order valence-electron chi connectivity index (χ2n) is 3.49. The first-order valence-electron chi connectivity index (χ1n) is 4.98. The summed E-state index contributed by atoms with van der Waals surface area (Å²) in [6, 6.07) is 1.31. The van der Waals surface area contributed by atoms with Crippen molar-refractivity contribution in [1.82, 2.24) is 9.55 Å². The van der Waals surface area contributed by atoms with Crippen LogP contribution in [0.4, 0.5) is 13.2 Å². The summed E-state index contributed by atoms with van der Waals surface area (Å²) in [4.78, 5) is 2.74. The van der Waals surface area contributed by atoms with E-state index in [4.69, 9.17) is 12.2 Å². The molecule has 2 nitrogen and oxygen atoms in total. The van der Waals surface area contributed by atoms with E-state index in [0.29, 0.717) is 18.2 Å². The maximum absolute atomic E-state index is 13.6. The molecule has 0 aliphatic carbocycles. The van der Waals surface area contributed by atoms with Crippen molar-refractivity contribution in [2.24, 2.45) is 0 Å². The van der Waals surface area contributed by atoms with Crippen LogP contribution in [0.5, 0.6) is 0 Å². The van der Waals surface area contributed by atoms with Crippen molar-refractivity contribution in [3.8, 4) is 5.69 Å². The third kappa shape index (κ3) is 2.00. The molecule has 0 amide bonds. The highest BCUT2D eigenvalue weighted by Crippen LogP contribution is 2.20. The Kier molecular flexibility index (Phi) is 3.06. The molecule has 0 saturated carbocycles. The predicted octanol–water partition coefficient (Wildman–Crippen LogP) is 3.51. The molecule has 0 fully saturated rings. The average molecular weight is 258 g/mol. The van der Waals surface area contributed by atoms with Gasteiger partial charge in [0.05, 0.1) is 5.69 Å². The fraction of sp³-hybridized carbons (Fsp3) is 0.182. The van der Waals surface area contributed by atoms with Gasteiger partial charge >= 0.3 is 0 Å². The van der Waals surface area contributed by atoms with E-state index < -0.39 is 17.5 Å². The van der Waals surface area contributed by atoms with Gasteiger partial charge < -0.3 is 4.98 Å². The number of nitrogens with zero attached hydrogens (tertiary/aromatic N) is 1. The molecule has 0 radical (unpaired) electrons. The third-order valence-corrected chi connectivity index (χ3v) is 2.75. The van der Waals surface area contributed by atoms with E-state index in [1.165, 1.54) is 4.57 Å². The summed E-state index contributed by atoms with van der Waals surface area (Å²) >= 11 is 4.98. The number of nitrogens with one attached hydrogen (secondary N) is 1. The van der Waals surface area contributed by atoms with Gasteiger partial charge in [-0.25, -0.2) is 13.2 Å². The lowest BCUT2D eigenvalue weighted by atomic mass is 10.2. The summed E-state index contributed by atoms with van der Waals surface area (Å²) in [6.07, 6.45) is 2.20. The SMILES string of the molecule is CCc1c[nH]c(=S)n1-c1cc(F)c(F)cc1F. The average Bonchev–Trinajstić information content (AvgIpc) is 2.65. The second kappa shape index (κ2) is 4.37. The Hall–Kier alpha value is -1.56. The van der Waals surface area contributed by atoms with Crippen LogP contribution >= 0.6 is 12.2 Å². The minimum absolute atomic E-state index is 0.0907. The molecule has 0 unspecified atom stereocenters. The Balaban J connectivity index is 2.72. The van der Waals surface area contributed by atoms with Gasteiger partial charge in [-0.05, 0) is 18.6 Å². The number of rotatable bonds is 2. The zero-order valence-electron chi connectivity index (χ0n) is 8.93. The van der Waals surface area contributed by atoms with Gasteiger partial charge in [-0.3, -0.25) is 4.57 Å². The smallest absolute Gasteiger partial charge is 0.182 e. The minimum atomic E-state index is -1.22. The Morgan fingerprint density at radius 2 is 1.82 bits per heavy atom. The van der Waals surface area contributed by atoms with Crippen molar-refractivity contribution in [2.75, 3.05) is 0 Å². The van der Waals surface area contributed by atoms with Crippen molar-refractivity contribution in [3.05, 3.63) is 46.2 Å². The second-order valence-corrected chi connectivity index (χ2v) is 3.88. The molecule has 0 spiro atoms. The number of hydrogen-bond acceptors (Lipinski definition) is 1.